The molecule has 2 aromatic carbocycles. The number of hydrogen-bond donors (Lipinski definition) is 2. The van der Waals surface area contributed by atoms with Gasteiger partial charge in [-0.1, -0.05) is 24.3 Å². The summed E-state index contributed by atoms with van der Waals surface area (Å²) in [5.41, 5.74) is 6.81. The molecule has 0 atom stereocenters. The number of rotatable bonds is 9. The first-order valence-corrected chi connectivity index (χ1v) is 17.1. The molecule has 0 unspecified atom stereocenters. The van der Waals surface area contributed by atoms with Gasteiger partial charge in [0.2, 0.25) is 0 Å². The molecule has 2 N–H and O–H groups in total. The Morgan fingerprint density at radius 2 is 1.84 bits per heavy atom. The molecule has 6 rings (SSSR count). The summed E-state index contributed by atoms with van der Waals surface area (Å²) in [6.45, 7) is 7.91. The zero-order valence-electron chi connectivity index (χ0n) is 28.6. The van der Waals surface area contributed by atoms with Gasteiger partial charge in [-0.05, 0) is 112 Å². The number of likely N-dealkylation sites (tertiary alicyclic amines) is 1. The van der Waals surface area contributed by atoms with E-state index in [4.69, 9.17) is 9.47 Å². The van der Waals surface area contributed by atoms with Crippen molar-refractivity contribution in [3.05, 3.63) is 86.3 Å². The number of anilines is 1. The van der Waals surface area contributed by atoms with Crippen molar-refractivity contribution in [2.24, 2.45) is 0 Å². The maximum absolute atomic E-state index is 14.0. The molecule has 1 aliphatic carbocycles. The summed E-state index contributed by atoms with van der Waals surface area (Å²) in [6.07, 6.45) is 3.11. The highest BCUT2D eigenvalue weighted by Crippen LogP contribution is 2.45. The van der Waals surface area contributed by atoms with E-state index in [1.54, 1.807) is 13.0 Å². The van der Waals surface area contributed by atoms with Crippen LogP contribution in [-0.2, 0) is 16.7 Å². The number of aryl methyl sites for hydroxylation is 1. The Balaban J connectivity index is 1.33. The summed E-state index contributed by atoms with van der Waals surface area (Å²) >= 11 is 0. The molecule has 49 heavy (non-hydrogen) atoms. The molecule has 0 saturated carbocycles. The number of methoxy groups -OCH3 is 1. The second-order valence-corrected chi connectivity index (χ2v) is 13.5. The molecule has 1 amide bonds. The number of halogens is 3. The largest absolute Gasteiger partial charge is 0.496 e. The van der Waals surface area contributed by atoms with E-state index in [-0.39, 0.29) is 29.5 Å². The number of alkyl halides is 3. The first-order chi connectivity index (χ1) is 23.4. The van der Waals surface area contributed by atoms with Crippen LogP contribution in [0.25, 0.3) is 17.2 Å². The number of aromatic nitrogens is 1. The van der Waals surface area contributed by atoms with Gasteiger partial charge in [0.1, 0.15) is 5.75 Å². The van der Waals surface area contributed by atoms with Crippen LogP contribution in [0.2, 0.25) is 0 Å². The van der Waals surface area contributed by atoms with E-state index in [1.807, 2.05) is 13.0 Å². The van der Waals surface area contributed by atoms with Crippen LogP contribution in [0.15, 0.2) is 47.3 Å². The van der Waals surface area contributed by atoms with Crippen LogP contribution in [0.1, 0.15) is 70.9 Å². The number of H-pyrrole nitrogens is 1. The van der Waals surface area contributed by atoms with Crippen LogP contribution >= 0.6 is 0 Å². The number of nitrogens with zero attached hydrogens (tertiary/aromatic N) is 2. The normalized spacial score (nSPS) is 17.7. The van der Waals surface area contributed by atoms with Crippen LogP contribution < -0.4 is 20.5 Å². The van der Waals surface area contributed by atoms with E-state index >= 15 is 0 Å². The lowest BCUT2D eigenvalue weighted by molar-refractivity contribution is -0.148. The minimum Gasteiger partial charge on any atom is -0.496 e. The van der Waals surface area contributed by atoms with Crippen molar-refractivity contribution in [2.45, 2.75) is 70.6 Å². The number of pyridine rings is 1. The van der Waals surface area contributed by atoms with Gasteiger partial charge in [0.25, 0.3) is 11.5 Å². The molecule has 11 heteroatoms. The maximum Gasteiger partial charge on any atom is 0.401 e. The quantitative estimate of drug-likeness (QED) is 0.268. The van der Waals surface area contributed by atoms with Crippen molar-refractivity contribution >= 4 is 17.7 Å². The first-order valence-electron chi connectivity index (χ1n) is 17.1. The van der Waals surface area contributed by atoms with E-state index in [1.165, 1.54) is 12.0 Å². The molecule has 262 valence electrons. The van der Waals surface area contributed by atoms with Crippen LogP contribution in [-0.4, -0.2) is 74.5 Å². The van der Waals surface area contributed by atoms with Gasteiger partial charge in [0.05, 0.1) is 25.8 Å². The number of carbonyl (C=O) groups is 1. The van der Waals surface area contributed by atoms with E-state index < -0.39 is 12.7 Å². The Morgan fingerprint density at radius 1 is 1.10 bits per heavy atom. The molecule has 1 spiro atoms. The summed E-state index contributed by atoms with van der Waals surface area (Å²) in [6, 6.07) is 12.4. The number of piperidine rings is 1. The van der Waals surface area contributed by atoms with Gasteiger partial charge in [-0.25, -0.2) is 0 Å². The van der Waals surface area contributed by atoms with E-state index in [0.29, 0.717) is 61.7 Å². The lowest BCUT2D eigenvalue weighted by atomic mass is 9.74. The molecule has 1 aromatic heterocycles. The number of allylic oxidation sites excluding steroid dienone is 1. The van der Waals surface area contributed by atoms with Gasteiger partial charge in [-0.2, -0.15) is 13.2 Å². The fourth-order valence-corrected chi connectivity index (χ4v) is 7.79. The van der Waals surface area contributed by atoms with Gasteiger partial charge in [0, 0.05) is 48.2 Å². The van der Waals surface area contributed by atoms with E-state index in [2.05, 4.69) is 58.5 Å². The Bertz CT molecular complexity index is 1790. The number of hydrogen-bond acceptors (Lipinski definition) is 6. The minimum atomic E-state index is -4.20. The molecule has 3 heterocycles. The number of nitrogens with one attached hydrogen (secondary N) is 2. The average molecular weight is 679 g/mol. The topological polar surface area (TPSA) is 86.9 Å². The zero-order chi connectivity index (χ0) is 34.9. The fraction of sp³-hybridized carbons (Fsp3) is 0.474. The monoisotopic (exact) mass is 678 g/mol. The van der Waals surface area contributed by atoms with Crippen molar-refractivity contribution in [2.75, 3.05) is 51.4 Å². The van der Waals surface area contributed by atoms with E-state index in [0.717, 1.165) is 52.9 Å². The predicted molar refractivity (Wildman–Crippen MR) is 185 cm³/mol. The molecule has 0 radical (unpaired) electrons. The third-order valence-corrected chi connectivity index (χ3v) is 10.4. The van der Waals surface area contributed by atoms with Crippen LogP contribution in [0.3, 0.4) is 0 Å². The van der Waals surface area contributed by atoms with Crippen molar-refractivity contribution in [1.82, 2.24) is 15.2 Å². The molecular formula is C38H45F3N4O4. The zero-order valence-corrected chi connectivity index (χ0v) is 28.6. The highest BCUT2D eigenvalue weighted by atomic mass is 19.4. The minimum absolute atomic E-state index is 0.000197. The number of ether oxygens (including phenoxy) is 2. The molecule has 2 fully saturated rings. The molecule has 0 bridgehead atoms. The molecule has 8 nitrogen and oxygen atoms in total. The summed E-state index contributed by atoms with van der Waals surface area (Å²) in [4.78, 5) is 33.3. The summed E-state index contributed by atoms with van der Waals surface area (Å²) in [5.74, 6) is 0.121. The Hall–Kier alpha value is -4.09. The van der Waals surface area contributed by atoms with Gasteiger partial charge in [-0.15, -0.1) is 0 Å². The van der Waals surface area contributed by atoms with Crippen molar-refractivity contribution in [3.63, 3.8) is 0 Å². The number of amides is 1. The Labute approximate surface area is 285 Å². The van der Waals surface area contributed by atoms with Gasteiger partial charge in [0.15, 0.2) is 0 Å². The molecule has 2 saturated heterocycles. The smallest absolute Gasteiger partial charge is 0.401 e. The van der Waals surface area contributed by atoms with Crippen LogP contribution in [0, 0.1) is 13.8 Å². The molecular weight excluding hydrogens is 633 g/mol. The first kappa shape index (κ1) is 34.8. The highest BCUT2D eigenvalue weighted by molar-refractivity contribution is 5.99. The molecule has 3 aromatic rings. The SMILES string of the molecule is CCN(c1cc(-c2ccc3c(c2)C=CC32CCN(CC(F)(F)F)CC2)cc(C(=O)NCc2c(OC)cc(C)[nH]c2=O)c1C)C1CCOCC1. The van der Waals surface area contributed by atoms with Gasteiger partial charge >= 0.3 is 6.18 Å². The Kier molecular flexibility index (Phi) is 9.95. The van der Waals surface area contributed by atoms with Crippen LogP contribution in [0.4, 0.5) is 18.9 Å². The lowest BCUT2D eigenvalue weighted by Gasteiger charge is -2.39. The second kappa shape index (κ2) is 14.0. The van der Waals surface area contributed by atoms with Crippen molar-refractivity contribution in [1.29, 1.82) is 0 Å². The molecule has 2 aliphatic heterocycles. The molecule has 3 aliphatic rings. The van der Waals surface area contributed by atoms with Crippen LogP contribution in [0.5, 0.6) is 5.75 Å². The number of aromatic amines is 1. The second-order valence-electron chi connectivity index (χ2n) is 13.5. The van der Waals surface area contributed by atoms with Crippen molar-refractivity contribution < 1.29 is 27.4 Å². The van der Waals surface area contributed by atoms with Gasteiger partial charge in [-0.3, -0.25) is 14.5 Å². The summed E-state index contributed by atoms with van der Waals surface area (Å²) < 4.78 is 50.2. The summed E-state index contributed by atoms with van der Waals surface area (Å²) in [5, 5.41) is 2.97. The highest BCUT2D eigenvalue weighted by Gasteiger charge is 2.40. The average Bonchev–Trinajstić information content (AvgIpc) is 3.42. The maximum atomic E-state index is 14.0. The third-order valence-electron chi connectivity index (χ3n) is 10.4. The van der Waals surface area contributed by atoms with Crippen molar-refractivity contribution in [3.8, 4) is 16.9 Å². The fourth-order valence-electron chi connectivity index (χ4n) is 7.79. The predicted octanol–water partition coefficient (Wildman–Crippen LogP) is 6.53. The summed E-state index contributed by atoms with van der Waals surface area (Å²) in [7, 11) is 1.50. The number of fused-ring (bicyclic) bond motifs is 2. The third kappa shape index (κ3) is 7.28. The standard InChI is InChI=1S/C38H45F3N4O4/c1-5-45(29-9-16-49-17-10-29)33-21-28(20-30(25(33)3)35(46)42-22-31-34(48-4)18-24(2)43-36(31)47)26-6-7-32-27(19-26)8-11-37(32)12-14-44(15-13-37)23-38(39,40)41/h6-8,11,18-21,29H,5,9-10,12-17,22-23H2,1-4H3,(H,42,46)(H,43,47). The number of benzene rings is 2. The van der Waals surface area contributed by atoms with E-state index in [9.17, 15) is 22.8 Å². The Morgan fingerprint density at radius 3 is 2.51 bits per heavy atom. The lowest BCUT2D eigenvalue weighted by Crippen LogP contribution is -2.44. The number of carbonyl (C=O) groups excluding carboxylic acids is 1. The van der Waals surface area contributed by atoms with Gasteiger partial charge < -0.3 is 24.7 Å².